The molecule has 1 unspecified atom stereocenters. The van der Waals surface area contributed by atoms with Gasteiger partial charge >= 0.3 is 0 Å². The molecular formula is C15H23BrN4S. The number of aromatic nitrogens is 2. The van der Waals surface area contributed by atoms with Crippen LogP contribution in [-0.4, -0.2) is 34.3 Å². The Morgan fingerprint density at radius 2 is 2.14 bits per heavy atom. The molecule has 1 atom stereocenters. The van der Waals surface area contributed by atoms with E-state index in [1.165, 1.54) is 8.66 Å². The Bertz CT molecular complexity index is 547. The van der Waals surface area contributed by atoms with E-state index < -0.39 is 0 Å². The summed E-state index contributed by atoms with van der Waals surface area (Å²) in [5.41, 5.74) is 1.08. The zero-order chi connectivity index (χ0) is 15.2. The van der Waals surface area contributed by atoms with E-state index in [4.69, 9.17) is 0 Å². The molecule has 2 heterocycles. The number of likely N-dealkylation sites (N-methyl/N-ethyl adjacent to an activating group) is 1. The molecule has 4 nitrogen and oxygen atoms in total. The first kappa shape index (κ1) is 16.5. The van der Waals surface area contributed by atoms with E-state index in [-0.39, 0.29) is 0 Å². The van der Waals surface area contributed by atoms with Crippen molar-refractivity contribution in [2.75, 3.05) is 25.0 Å². The van der Waals surface area contributed by atoms with Gasteiger partial charge in [-0.25, -0.2) is 0 Å². The van der Waals surface area contributed by atoms with Crippen molar-refractivity contribution < 1.29 is 0 Å². The lowest BCUT2D eigenvalue weighted by molar-refractivity contribution is 0.285. The maximum absolute atomic E-state index is 4.43. The van der Waals surface area contributed by atoms with Gasteiger partial charge in [0.15, 0.2) is 0 Å². The Morgan fingerprint density at radius 1 is 1.38 bits per heavy atom. The van der Waals surface area contributed by atoms with Gasteiger partial charge in [-0.2, -0.15) is 5.10 Å². The third-order valence-electron chi connectivity index (χ3n) is 3.58. The van der Waals surface area contributed by atoms with E-state index in [2.05, 4.69) is 70.3 Å². The first-order valence-corrected chi connectivity index (χ1v) is 8.99. The first-order chi connectivity index (χ1) is 10.1. The van der Waals surface area contributed by atoms with Gasteiger partial charge in [0.1, 0.15) is 0 Å². The summed E-state index contributed by atoms with van der Waals surface area (Å²) in [6.07, 6.45) is 3.99. The SMILES string of the molecule is CCN(CC)CCn1cc(NC(C)c2ccc(Br)s2)cn1. The highest BCUT2D eigenvalue weighted by Gasteiger charge is 2.09. The molecule has 0 aliphatic carbocycles. The molecule has 0 aliphatic rings. The summed E-state index contributed by atoms with van der Waals surface area (Å²) in [6, 6.07) is 4.53. The lowest BCUT2D eigenvalue weighted by Crippen LogP contribution is -2.27. The second-order valence-corrected chi connectivity index (χ2v) is 7.52. The molecule has 2 aromatic heterocycles. The van der Waals surface area contributed by atoms with Crippen LogP contribution < -0.4 is 5.32 Å². The Labute approximate surface area is 139 Å². The van der Waals surface area contributed by atoms with Crippen LogP contribution in [0.3, 0.4) is 0 Å². The zero-order valence-electron chi connectivity index (χ0n) is 12.8. The van der Waals surface area contributed by atoms with Gasteiger partial charge in [-0.3, -0.25) is 4.68 Å². The van der Waals surface area contributed by atoms with E-state index in [1.807, 2.05) is 10.9 Å². The van der Waals surface area contributed by atoms with Crippen molar-refractivity contribution in [3.05, 3.63) is 33.2 Å². The van der Waals surface area contributed by atoms with E-state index >= 15 is 0 Å². The summed E-state index contributed by atoms with van der Waals surface area (Å²) < 4.78 is 3.18. The number of rotatable bonds is 8. The molecule has 21 heavy (non-hydrogen) atoms. The van der Waals surface area contributed by atoms with Gasteiger partial charge in [0.05, 0.1) is 28.3 Å². The molecule has 6 heteroatoms. The lowest BCUT2D eigenvalue weighted by atomic mass is 10.3. The fourth-order valence-electron chi connectivity index (χ4n) is 2.23. The topological polar surface area (TPSA) is 33.1 Å². The predicted molar refractivity (Wildman–Crippen MR) is 94.1 cm³/mol. The predicted octanol–water partition coefficient (Wildman–Crippen LogP) is 4.22. The molecule has 0 bridgehead atoms. The van der Waals surface area contributed by atoms with Crippen LogP contribution in [0.25, 0.3) is 0 Å². The molecule has 0 saturated heterocycles. The highest BCUT2D eigenvalue weighted by Crippen LogP contribution is 2.29. The molecule has 0 spiro atoms. The van der Waals surface area contributed by atoms with Gasteiger partial charge in [-0.15, -0.1) is 11.3 Å². The zero-order valence-corrected chi connectivity index (χ0v) is 15.2. The maximum Gasteiger partial charge on any atom is 0.0731 e. The molecule has 0 fully saturated rings. The third kappa shape index (κ3) is 4.83. The maximum atomic E-state index is 4.43. The Morgan fingerprint density at radius 3 is 2.76 bits per heavy atom. The number of halogens is 1. The molecule has 0 amide bonds. The van der Waals surface area contributed by atoms with Crippen molar-refractivity contribution in [3.63, 3.8) is 0 Å². The molecule has 2 aromatic rings. The van der Waals surface area contributed by atoms with Gasteiger partial charge < -0.3 is 10.2 Å². The van der Waals surface area contributed by atoms with Crippen molar-refractivity contribution >= 4 is 33.0 Å². The number of anilines is 1. The summed E-state index contributed by atoms with van der Waals surface area (Å²) in [7, 11) is 0. The monoisotopic (exact) mass is 370 g/mol. The van der Waals surface area contributed by atoms with Crippen LogP contribution >= 0.6 is 27.3 Å². The van der Waals surface area contributed by atoms with Gasteiger partial charge in [0, 0.05) is 17.6 Å². The molecule has 0 aromatic carbocycles. The smallest absolute Gasteiger partial charge is 0.0731 e. The standard InChI is InChI=1S/C15H23BrN4S/c1-4-19(5-2)8-9-20-11-13(10-17-20)18-12(3)14-6-7-15(16)21-14/h6-7,10-12,18H,4-5,8-9H2,1-3H3. The van der Waals surface area contributed by atoms with Crippen LogP contribution in [0.5, 0.6) is 0 Å². The number of hydrogen-bond donors (Lipinski definition) is 1. The minimum Gasteiger partial charge on any atom is -0.375 e. The second-order valence-electron chi connectivity index (χ2n) is 5.03. The van der Waals surface area contributed by atoms with Crippen LogP contribution in [0.4, 0.5) is 5.69 Å². The van der Waals surface area contributed by atoms with Crippen molar-refractivity contribution in [1.82, 2.24) is 14.7 Å². The fourth-order valence-corrected chi connectivity index (χ4v) is 3.65. The summed E-state index contributed by atoms with van der Waals surface area (Å²) in [5, 5.41) is 7.93. The average molecular weight is 371 g/mol. The summed E-state index contributed by atoms with van der Waals surface area (Å²) in [4.78, 5) is 3.72. The van der Waals surface area contributed by atoms with E-state index in [1.54, 1.807) is 11.3 Å². The van der Waals surface area contributed by atoms with Gasteiger partial charge in [0.25, 0.3) is 0 Å². The quantitative estimate of drug-likeness (QED) is 0.754. The Balaban J connectivity index is 1.88. The van der Waals surface area contributed by atoms with Gasteiger partial charge in [-0.1, -0.05) is 13.8 Å². The molecular weight excluding hydrogens is 348 g/mol. The summed E-state index contributed by atoms with van der Waals surface area (Å²) in [6.45, 7) is 10.7. The average Bonchev–Trinajstić information content (AvgIpc) is 3.09. The molecule has 1 N–H and O–H groups in total. The van der Waals surface area contributed by atoms with Crippen LogP contribution in [-0.2, 0) is 6.54 Å². The molecule has 0 radical (unpaired) electrons. The minimum atomic E-state index is 0.293. The molecule has 0 aliphatic heterocycles. The number of hydrogen-bond acceptors (Lipinski definition) is 4. The molecule has 116 valence electrons. The van der Waals surface area contributed by atoms with Crippen LogP contribution in [0.2, 0.25) is 0 Å². The fraction of sp³-hybridized carbons (Fsp3) is 0.533. The van der Waals surface area contributed by atoms with Crippen molar-refractivity contribution in [3.8, 4) is 0 Å². The largest absolute Gasteiger partial charge is 0.375 e. The first-order valence-electron chi connectivity index (χ1n) is 7.39. The minimum absolute atomic E-state index is 0.293. The summed E-state index contributed by atoms with van der Waals surface area (Å²) in [5.74, 6) is 0. The van der Waals surface area contributed by atoms with E-state index in [0.717, 1.165) is 31.9 Å². The number of nitrogens with one attached hydrogen (secondary N) is 1. The van der Waals surface area contributed by atoms with Crippen molar-refractivity contribution in [2.24, 2.45) is 0 Å². The molecule has 0 saturated carbocycles. The highest BCUT2D eigenvalue weighted by molar-refractivity contribution is 9.11. The Hall–Kier alpha value is -0.850. The van der Waals surface area contributed by atoms with Gasteiger partial charge in [-0.05, 0) is 48.1 Å². The van der Waals surface area contributed by atoms with Crippen LogP contribution in [0.15, 0.2) is 28.3 Å². The highest BCUT2D eigenvalue weighted by atomic mass is 79.9. The molecule has 2 rings (SSSR count). The summed E-state index contributed by atoms with van der Waals surface area (Å²) >= 11 is 5.27. The van der Waals surface area contributed by atoms with Crippen LogP contribution in [0, 0.1) is 0 Å². The van der Waals surface area contributed by atoms with Crippen LogP contribution in [0.1, 0.15) is 31.7 Å². The number of nitrogens with zero attached hydrogens (tertiary/aromatic N) is 3. The van der Waals surface area contributed by atoms with E-state index in [0.29, 0.717) is 6.04 Å². The van der Waals surface area contributed by atoms with E-state index in [9.17, 15) is 0 Å². The third-order valence-corrected chi connectivity index (χ3v) is 5.38. The van der Waals surface area contributed by atoms with Crippen molar-refractivity contribution in [1.29, 1.82) is 0 Å². The Kier molecular flexibility index (Phi) is 6.26. The lowest BCUT2D eigenvalue weighted by Gasteiger charge is -2.17. The number of thiophene rings is 1. The van der Waals surface area contributed by atoms with Gasteiger partial charge in [0.2, 0.25) is 0 Å². The van der Waals surface area contributed by atoms with Crippen molar-refractivity contribution in [2.45, 2.75) is 33.4 Å². The second kappa shape index (κ2) is 7.96. The normalized spacial score (nSPS) is 12.8.